The molecule has 0 aliphatic carbocycles. The number of urea groups is 1. The molecule has 2 fully saturated rings. The van der Waals surface area contributed by atoms with Gasteiger partial charge >= 0.3 is 6.03 Å². The summed E-state index contributed by atoms with van der Waals surface area (Å²) in [5.41, 5.74) is 2.27. The Bertz CT molecular complexity index is 1020. The zero-order valence-corrected chi connectivity index (χ0v) is 20.5. The van der Waals surface area contributed by atoms with E-state index in [1.54, 1.807) is 12.0 Å². The van der Waals surface area contributed by atoms with Crippen molar-refractivity contribution in [3.05, 3.63) is 53.8 Å². The fourth-order valence-electron chi connectivity index (χ4n) is 4.48. The monoisotopic (exact) mass is 483 g/mol. The number of piperazine rings is 2. The van der Waals surface area contributed by atoms with Crippen LogP contribution in [0.15, 0.2) is 42.5 Å². The van der Waals surface area contributed by atoms with E-state index in [0.717, 1.165) is 43.3 Å². The van der Waals surface area contributed by atoms with E-state index in [1.165, 1.54) is 24.3 Å². The van der Waals surface area contributed by atoms with Crippen LogP contribution in [0.3, 0.4) is 0 Å². The molecule has 8 nitrogen and oxygen atoms in total. The Morgan fingerprint density at radius 2 is 1.63 bits per heavy atom. The number of carbonyl (C=O) groups is 2. The van der Waals surface area contributed by atoms with Crippen LogP contribution in [0.4, 0.5) is 20.6 Å². The van der Waals surface area contributed by atoms with Gasteiger partial charge < -0.3 is 24.8 Å². The number of Topliss-reactive ketones (excluding diaryl/α,β-unsaturated/α-hetero) is 1. The van der Waals surface area contributed by atoms with Crippen LogP contribution in [0, 0.1) is 5.82 Å². The number of ether oxygens (including phenoxy) is 1. The highest BCUT2D eigenvalue weighted by molar-refractivity contribution is 5.96. The van der Waals surface area contributed by atoms with E-state index in [2.05, 4.69) is 27.1 Å². The number of hydrogen-bond acceptors (Lipinski definition) is 6. The third-order valence-electron chi connectivity index (χ3n) is 6.75. The number of ketones is 1. The largest absolute Gasteiger partial charge is 0.495 e. The molecule has 0 atom stereocenters. The molecule has 0 radical (unpaired) electrons. The molecule has 2 aliphatic heterocycles. The van der Waals surface area contributed by atoms with E-state index in [4.69, 9.17) is 4.74 Å². The summed E-state index contributed by atoms with van der Waals surface area (Å²) in [6.45, 7) is 7.03. The van der Waals surface area contributed by atoms with Crippen molar-refractivity contribution < 1.29 is 18.7 Å². The molecule has 0 spiro atoms. The van der Waals surface area contributed by atoms with Gasteiger partial charge in [-0.25, -0.2) is 9.18 Å². The van der Waals surface area contributed by atoms with Crippen LogP contribution >= 0.6 is 0 Å². The first-order valence-electron chi connectivity index (χ1n) is 12.1. The van der Waals surface area contributed by atoms with Crippen LogP contribution in [-0.2, 0) is 0 Å². The van der Waals surface area contributed by atoms with Gasteiger partial charge in [-0.1, -0.05) is 0 Å². The van der Waals surface area contributed by atoms with E-state index >= 15 is 0 Å². The molecule has 188 valence electrons. The van der Waals surface area contributed by atoms with Crippen molar-refractivity contribution in [2.45, 2.75) is 6.42 Å². The number of hydrogen-bond donors (Lipinski definition) is 1. The maximum absolute atomic E-state index is 13.1. The van der Waals surface area contributed by atoms with Crippen molar-refractivity contribution in [2.75, 3.05) is 83.3 Å². The fraction of sp³-hybridized carbons (Fsp3) is 0.462. The minimum atomic E-state index is -0.346. The Morgan fingerprint density at radius 3 is 2.29 bits per heavy atom. The van der Waals surface area contributed by atoms with Crippen molar-refractivity contribution in [3.8, 4) is 5.75 Å². The normalized spacial score (nSPS) is 17.3. The van der Waals surface area contributed by atoms with Gasteiger partial charge in [0.1, 0.15) is 11.6 Å². The quantitative estimate of drug-likeness (QED) is 0.611. The highest BCUT2D eigenvalue weighted by Crippen LogP contribution is 2.32. The summed E-state index contributed by atoms with van der Waals surface area (Å²) in [7, 11) is 3.79. The summed E-state index contributed by atoms with van der Waals surface area (Å²) in [6, 6.07) is 11.3. The smallest absolute Gasteiger partial charge is 0.321 e. The van der Waals surface area contributed by atoms with Gasteiger partial charge in [-0.05, 0) is 49.5 Å². The van der Waals surface area contributed by atoms with Crippen LogP contribution in [0.1, 0.15) is 16.8 Å². The van der Waals surface area contributed by atoms with Crippen LogP contribution in [0.2, 0.25) is 0 Å². The number of amides is 2. The first-order chi connectivity index (χ1) is 16.9. The average Bonchev–Trinajstić information content (AvgIpc) is 2.88. The third kappa shape index (κ3) is 6.49. The lowest BCUT2D eigenvalue weighted by Gasteiger charge is -2.35. The predicted octanol–water partition coefficient (Wildman–Crippen LogP) is 3.01. The molecular weight excluding hydrogens is 449 g/mol. The SMILES string of the molecule is COc1ccc(NC(=O)N2CCN(CCC(=O)c3ccc(F)cc3)CC2)cc1N1CCN(C)CC1. The maximum atomic E-state index is 13.1. The molecule has 35 heavy (non-hydrogen) atoms. The Hall–Kier alpha value is -3.17. The number of nitrogens with zero attached hydrogens (tertiary/aromatic N) is 4. The number of nitrogens with one attached hydrogen (secondary N) is 1. The van der Waals surface area contributed by atoms with E-state index in [-0.39, 0.29) is 17.6 Å². The molecule has 4 rings (SSSR count). The molecule has 2 amide bonds. The summed E-state index contributed by atoms with van der Waals surface area (Å²) in [5, 5.41) is 3.03. The molecular formula is C26H34FN5O3. The summed E-state index contributed by atoms with van der Waals surface area (Å²) < 4.78 is 18.6. The third-order valence-corrected chi connectivity index (χ3v) is 6.75. The summed E-state index contributed by atoms with van der Waals surface area (Å²) in [4.78, 5) is 33.8. The molecule has 0 unspecified atom stereocenters. The van der Waals surface area contributed by atoms with Gasteiger partial charge in [0.15, 0.2) is 5.78 Å². The summed E-state index contributed by atoms with van der Waals surface area (Å²) >= 11 is 0. The molecule has 0 bridgehead atoms. The molecule has 1 N–H and O–H groups in total. The van der Waals surface area contributed by atoms with Crippen LogP contribution in [-0.4, -0.2) is 99.6 Å². The second kappa shape index (κ2) is 11.5. The Labute approximate surface area is 206 Å². The highest BCUT2D eigenvalue weighted by atomic mass is 19.1. The summed E-state index contributed by atoms with van der Waals surface area (Å²) in [5.74, 6) is 0.457. The Balaban J connectivity index is 1.27. The average molecular weight is 484 g/mol. The molecule has 2 aromatic carbocycles. The number of anilines is 2. The second-order valence-electron chi connectivity index (χ2n) is 9.12. The van der Waals surface area contributed by atoms with Gasteiger partial charge in [0.2, 0.25) is 0 Å². The number of likely N-dealkylation sites (N-methyl/N-ethyl adjacent to an activating group) is 1. The van der Waals surface area contributed by atoms with E-state index < -0.39 is 0 Å². The van der Waals surface area contributed by atoms with Crippen molar-refractivity contribution >= 4 is 23.2 Å². The van der Waals surface area contributed by atoms with Crippen LogP contribution in [0.25, 0.3) is 0 Å². The Kier molecular flexibility index (Phi) is 8.20. The number of carbonyl (C=O) groups excluding carboxylic acids is 2. The zero-order valence-electron chi connectivity index (χ0n) is 20.5. The predicted molar refractivity (Wildman–Crippen MR) is 135 cm³/mol. The number of halogens is 1. The topological polar surface area (TPSA) is 68.4 Å². The van der Waals surface area contributed by atoms with Crippen molar-refractivity contribution in [1.82, 2.24) is 14.7 Å². The lowest BCUT2D eigenvalue weighted by atomic mass is 10.1. The van der Waals surface area contributed by atoms with Crippen molar-refractivity contribution in [3.63, 3.8) is 0 Å². The van der Waals surface area contributed by atoms with Crippen LogP contribution < -0.4 is 15.0 Å². The lowest BCUT2D eigenvalue weighted by Crippen LogP contribution is -2.50. The van der Waals surface area contributed by atoms with Gasteiger partial charge in [-0.2, -0.15) is 0 Å². The van der Waals surface area contributed by atoms with Crippen molar-refractivity contribution in [2.24, 2.45) is 0 Å². The van der Waals surface area contributed by atoms with Gasteiger partial charge in [0.05, 0.1) is 12.8 Å². The molecule has 2 heterocycles. The van der Waals surface area contributed by atoms with Gasteiger partial charge in [-0.15, -0.1) is 0 Å². The Morgan fingerprint density at radius 1 is 0.943 bits per heavy atom. The minimum absolute atomic E-state index is 0.000771. The zero-order chi connectivity index (χ0) is 24.8. The number of methoxy groups -OCH3 is 1. The molecule has 2 saturated heterocycles. The maximum Gasteiger partial charge on any atom is 0.321 e. The van der Waals surface area contributed by atoms with Crippen LogP contribution in [0.5, 0.6) is 5.75 Å². The lowest BCUT2D eigenvalue weighted by molar-refractivity contribution is 0.0942. The van der Waals surface area contributed by atoms with Gasteiger partial charge in [-0.3, -0.25) is 9.69 Å². The summed E-state index contributed by atoms with van der Waals surface area (Å²) in [6.07, 6.45) is 0.374. The first kappa shape index (κ1) is 24.9. The van der Waals surface area contributed by atoms with Gasteiger partial charge in [0, 0.05) is 76.6 Å². The highest BCUT2D eigenvalue weighted by Gasteiger charge is 2.23. The first-order valence-corrected chi connectivity index (χ1v) is 12.1. The fourth-order valence-corrected chi connectivity index (χ4v) is 4.48. The molecule has 2 aliphatic rings. The standard InChI is InChI=1S/C26H34FN5O3/c1-29-11-15-31(16-12-29)23-19-22(7-8-25(23)35-2)28-26(34)32-17-13-30(14-18-32)10-9-24(33)20-3-5-21(27)6-4-20/h3-8,19H,9-18H2,1-2H3,(H,28,34). The molecule has 0 aromatic heterocycles. The molecule has 0 saturated carbocycles. The van der Waals surface area contributed by atoms with Gasteiger partial charge in [0.25, 0.3) is 0 Å². The van der Waals surface area contributed by atoms with E-state index in [1.807, 2.05) is 18.2 Å². The van der Waals surface area contributed by atoms with E-state index in [9.17, 15) is 14.0 Å². The second-order valence-corrected chi connectivity index (χ2v) is 9.12. The minimum Gasteiger partial charge on any atom is -0.495 e. The number of benzene rings is 2. The van der Waals surface area contributed by atoms with E-state index in [0.29, 0.717) is 44.7 Å². The molecule has 9 heteroatoms. The number of rotatable bonds is 7. The molecule has 2 aromatic rings. The van der Waals surface area contributed by atoms with Crippen molar-refractivity contribution in [1.29, 1.82) is 0 Å².